The maximum atomic E-state index is 5.57. The van der Waals surface area contributed by atoms with Gasteiger partial charge in [0.15, 0.2) is 0 Å². The molecule has 0 bridgehead atoms. The molecule has 2 atom stereocenters. The third kappa shape index (κ3) is 4.99. The molecule has 20 heavy (non-hydrogen) atoms. The number of nitrogens with one attached hydrogen (secondary N) is 1. The fourth-order valence-corrected chi connectivity index (χ4v) is 2.94. The molecule has 4 heteroatoms. The zero-order valence-corrected chi connectivity index (χ0v) is 12.9. The summed E-state index contributed by atoms with van der Waals surface area (Å²) in [4.78, 5) is 8.61. The Morgan fingerprint density at radius 3 is 3.00 bits per heavy atom. The smallest absolute Gasteiger partial charge is 0.225 e. The first-order valence-electron chi connectivity index (χ1n) is 7.87. The minimum atomic E-state index is 0.140. The summed E-state index contributed by atoms with van der Waals surface area (Å²) in [6.07, 6.45) is 8.64. The Kier molecular flexibility index (Phi) is 5.62. The Morgan fingerprint density at radius 1 is 1.40 bits per heavy atom. The summed E-state index contributed by atoms with van der Waals surface area (Å²) in [7, 11) is 0. The molecule has 1 aromatic rings. The molecule has 1 heterocycles. The van der Waals surface area contributed by atoms with Crippen LogP contribution >= 0.6 is 0 Å². The average molecular weight is 277 g/mol. The number of anilines is 1. The molecule has 1 aliphatic carbocycles. The third-order valence-electron chi connectivity index (χ3n) is 3.87. The summed E-state index contributed by atoms with van der Waals surface area (Å²) in [5.74, 6) is 3.07. The monoisotopic (exact) mass is 277 g/mol. The van der Waals surface area contributed by atoms with Crippen molar-refractivity contribution in [1.82, 2.24) is 9.97 Å². The summed E-state index contributed by atoms with van der Waals surface area (Å²) in [5.41, 5.74) is 0. The van der Waals surface area contributed by atoms with E-state index in [0.717, 1.165) is 18.4 Å². The van der Waals surface area contributed by atoms with Crippen molar-refractivity contribution in [1.29, 1.82) is 0 Å². The SMILES string of the molecule is CC1CCCC(CCNc2nccc(OC(C)C)n2)C1. The molecular formula is C16H27N3O. The van der Waals surface area contributed by atoms with Crippen molar-refractivity contribution >= 4 is 5.95 Å². The number of ether oxygens (including phenoxy) is 1. The van der Waals surface area contributed by atoms with E-state index >= 15 is 0 Å². The molecule has 1 aromatic heterocycles. The molecular weight excluding hydrogens is 250 g/mol. The average Bonchev–Trinajstić information content (AvgIpc) is 2.38. The molecule has 0 radical (unpaired) electrons. The zero-order valence-electron chi connectivity index (χ0n) is 12.9. The lowest BCUT2D eigenvalue weighted by molar-refractivity contribution is 0.232. The minimum Gasteiger partial charge on any atom is -0.475 e. The quantitative estimate of drug-likeness (QED) is 0.857. The molecule has 2 rings (SSSR count). The lowest BCUT2D eigenvalue weighted by Crippen LogP contribution is -2.17. The summed E-state index contributed by atoms with van der Waals surface area (Å²) in [6, 6.07) is 1.80. The van der Waals surface area contributed by atoms with E-state index in [1.165, 1.54) is 32.1 Å². The van der Waals surface area contributed by atoms with Crippen LogP contribution in [0.25, 0.3) is 0 Å². The molecule has 0 amide bonds. The predicted molar refractivity (Wildman–Crippen MR) is 82.0 cm³/mol. The van der Waals surface area contributed by atoms with Crippen LogP contribution in [-0.4, -0.2) is 22.6 Å². The molecule has 0 saturated heterocycles. The Hall–Kier alpha value is -1.32. The number of nitrogens with zero attached hydrogens (tertiary/aromatic N) is 2. The molecule has 1 aliphatic rings. The maximum absolute atomic E-state index is 5.57. The van der Waals surface area contributed by atoms with Gasteiger partial charge in [0.05, 0.1) is 6.10 Å². The first-order valence-corrected chi connectivity index (χ1v) is 7.87. The zero-order chi connectivity index (χ0) is 14.4. The van der Waals surface area contributed by atoms with Crippen molar-refractivity contribution in [2.24, 2.45) is 11.8 Å². The molecule has 1 saturated carbocycles. The van der Waals surface area contributed by atoms with Gasteiger partial charge in [-0.2, -0.15) is 4.98 Å². The van der Waals surface area contributed by atoms with E-state index in [-0.39, 0.29) is 6.10 Å². The first-order chi connectivity index (χ1) is 9.63. The van der Waals surface area contributed by atoms with E-state index in [9.17, 15) is 0 Å². The number of hydrogen-bond donors (Lipinski definition) is 1. The second-order valence-electron chi connectivity index (χ2n) is 6.24. The Labute approximate surface area is 122 Å². The van der Waals surface area contributed by atoms with Crippen molar-refractivity contribution in [2.75, 3.05) is 11.9 Å². The normalized spacial score (nSPS) is 22.8. The molecule has 1 N–H and O–H groups in total. The molecule has 0 aliphatic heterocycles. The van der Waals surface area contributed by atoms with Gasteiger partial charge in [-0.05, 0) is 38.5 Å². The highest BCUT2D eigenvalue weighted by molar-refractivity contribution is 5.27. The van der Waals surface area contributed by atoms with Crippen LogP contribution < -0.4 is 10.1 Å². The van der Waals surface area contributed by atoms with Gasteiger partial charge < -0.3 is 10.1 Å². The van der Waals surface area contributed by atoms with Crippen molar-refractivity contribution < 1.29 is 4.74 Å². The highest BCUT2D eigenvalue weighted by atomic mass is 16.5. The minimum absolute atomic E-state index is 0.140. The van der Waals surface area contributed by atoms with Crippen LogP contribution in [0.1, 0.15) is 52.9 Å². The summed E-state index contributed by atoms with van der Waals surface area (Å²) in [5, 5.41) is 3.32. The van der Waals surface area contributed by atoms with Crippen molar-refractivity contribution in [3.05, 3.63) is 12.3 Å². The Balaban J connectivity index is 1.76. The molecule has 0 aromatic carbocycles. The van der Waals surface area contributed by atoms with Crippen LogP contribution in [-0.2, 0) is 0 Å². The lowest BCUT2D eigenvalue weighted by atomic mass is 9.81. The summed E-state index contributed by atoms with van der Waals surface area (Å²) in [6.45, 7) is 7.32. The van der Waals surface area contributed by atoms with Gasteiger partial charge in [-0.1, -0.05) is 26.2 Å². The maximum Gasteiger partial charge on any atom is 0.225 e. The van der Waals surface area contributed by atoms with Gasteiger partial charge in [0.1, 0.15) is 0 Å². The van der Waals surface area contributed by atoms with Crippen LogP contribution in [0.5, 0.6) is 5.88 Å². The predicted octanol–water partition coefficient (Wildman–Crippen LogP) is 3.89. The van der Waals surface area contributed by atoms with Crippen molar-refractivity contribution in [2.45, 2.75) is 59.0 Å². The Bertz CT molecular complexity index is 408. The first kappa shape index (κ1) is 15.1. The van der Waals surface area contributed by atoms with Crippen LogP contribution in [0.3, 0.4) is 0 Å². The van der Waals surface area contributed by atoms with Crippen molar-refractivity contribution in [3.63, 3.8) is 0 Å². The van der Waals surface area contributed by atoms with Gasteiger partial charge in [-0.25, -0.2) is 4.98 Å². The number of hydrogen-bond acceptors (Lipinski definition) is 4. The largest absolute Gasteiger partial charge is 0.475 e. The molecule has 1 fully saturated rings. The Morgan fingerprint density at radius 2 is 2.25 bits per heavy atom. The second-order valence-corrected chi connectivity index (χ2v) is 6.24. The van der Waals surface area contributed by atoms with Crippen LogP contribution in [0.4, 0.5) is 5.95 Å². The van der Waals surface area contributed by atoms with Gasteiger partial charge in [-0.15, -0.1) is 0 Å². The molecule has 2 unspecified atom stereocenters. The standard InChI is InChI=1S/C16H27N3O/c1-12(2)20-15-8-10-18-16(19-15)17-9-7-14-6-4-5-13(3)11-14/h8,10,12-14H,4-7,9,11H2,1-3H3,(H,17,18,19). The number of rotatable bonds is 6. The van der Waals surface area contributed by atoms with Gasteiger partial charge in [0.25, 0.3) is 0 Å². The summed E-state index contributed by atoms with van der Waals surface area (Å²) < 4.78 is 5.57. The number of aromatic nitrogens is 2. The van der Waals surface area contributed by atoms with Crippen molar-refractivity contribution in [3.8, 4) is 5.88 Å². The van der Waals surface area contributed by atoms with Gasteiger partial charge in [-0.3, -0.25) is 0 Å². The van der Waals surface area contributed by atoms with Crippen LogP contribution in [0.2, 0.25) is 0 Å². The fraction of sp³-hybridized carbons (Fsp3) is 0.750. The van der Waals surface area contributed by atoms with Gasteiger partial charge in [0.2, 0.25) is 11.8 Å². The fourth-order valence-electron chi connectivity index (χ4n) is 2.94. The van der Waals surface area contributed by atoms with Gasteiger partial charge >= 0.3 is 0 Å². The van der Waals surface area contributed by atoms with E-state index in [2.05, 4.69) is 22.2 Å². The highest BCUT2D eigenvalue weighted by Gasteiger charge is 2.18. The molecule has 4 nitrogen and oxygen atoms in total. The summed E-state index contributed by atoms with van der Waals surface area (Å²) >= 11 is 0. The van der Waals surface area contributed by atoms with Crippen LogP contribution in [0, 0.1) is 11.8 Å². The highest BCUT2D eigenvalue weighted by Crippen LogP contribution is 2.30. The van der Waals surface area contributed by atoms with E-state index in [1.807, 2.05) is 13.8 Å². The topological polar surface area (TPSA) is 47.0 Å². The van der Waals surface area contributed by atoms with E-state index in [1.54, 1.807) is 12.3 Å². The lowest BCUT2D eigenvalue weighted by Gasteiger charge is -2.26. The van der Waals surface area contributed by atoms with E-state index in [4.69, 9.17) is 4.74 Å². The van der Waals surface area contributed by atoms with Gasteiger partial charge in [0, 0.05) is 18.8 Å². The van der Waals surface area contributed by atoms with Crippen LogP contribution in [0.15, 0.2) is 12.3 Å². The van der Waals surface area contributed by atoms with E-state index in [0.29, 0.717) is 11.8 Å². The second kappa shape index (κ2) is 7.46. The molecule has 112 valence electrons. The third-order valence-corrected chi connectivity index (χ3v) is 3.87. The molecule has 0 spiro atoms. The van der Waals surface area contributed by atoms with E-state index < -0.39 is 0 Å².